The zero-order valence-corrected chi connectivity index (χ0v) is 20.8. The number of aromatic nitrogens is 1. The fraction of sp³-hybridized carbons (Fsp3) is 0.0625. The summed E-state index contributed by atoms with van der Waals surface area (Å²) in [5.74, 6) is 0. The summed E-state index contributed by atoms with van der Waals surface area (Å²) < 4.78 is 2.45. The van der Waals surface area contributed by atoms with E-state index < -0.39 is 8.07 Å². The zero-order chi connectivity index (χ0) is 23.3. The van der Waals surface area contributed by atoms with Crippen molar-refractivity contribution in [3.8, 4) is 0 Å². The third-order valence-electron chi connectivity index (χ3n) is 8.08. The van der Waals surface area contributed by atoms with E-state index in [0.29, 0.717) is 0 Å². The van der Waals surface area contributed by atoms with Crippen LogP contribution in [0.4, 0.5) is 17.1 Å². The van der Waals surface area contributed by atoms with Gasteiger partial charge in [-0.15, -0.1) is 0 Å². The Balaban J connectivity index is 1.54. The van der Waals surface area contributed by atoms with Crippen molar-refractivity contribution >= 4 is 73.6 Å². The summed E-state index contributed by atoms with van der Waals surface area (Å²) >= 11 is 0. The lowest BCUT2D eigenvalue weighted by Gasteiger charge is -2.41. The van der Waals surface area contributed by atoms with E-state index in [0.717, 1.165) is 0 Å². The Bertz CT molecular complexity index is 1810. The molecule has 0 amide bonds. The van der Waals surface area contributed by atoms with Crippen LogP contribution < -0.4 is 15.3 Å². The molecule has 3 heterocycles. The van der Waals surface area contributed by atoms with Gasteiger partial charge in [-0.25, -0.2) is 0 Å². The van der Waals surface area contributed by atoms with Crippen molar-refractivity contribution in [2.45, 2.75) is 13.1 Å². The third kappa shape index (κ3) is 2.34. The van der Waals surface area contributed by atoms with Crippen molar-refractivity contribution < 1.29 is 0 Å². The average Bonchev–Trinajstić information content (AvgIpc) is 3.41. The number of para-hydroxylation sites is 4. The molecule has 0 atom stereocenters. The number of nitrogens with zero attached hydrogens (tertiary/aromatic N) is 2. The fourth-order valence-electron chi connectivity index (χ4n) is 6.51. The Morgan fingerprint density at radius 3 is 1.51 bits per heavy atom. The number of benzene rings is 5. The maximum atomic E-state index is 2.51. The van der Waals surface area contributed by atoms with E-state index in [2.05, 4.69) is 132 Å². The molecule has 166 valence electrons. The Morgan fingerprint density at radius 1 is 0.514 bits per heavy atom. The molecule has 0 bridgehead atoms. The summed E-state index contributed by atoms with van der Waals surface area (Å²) in [5.41, 5.74) is 7.76. The summed E-state index contributed by atoms with van der Waals surface area (Å²) in [5, 5.41) is 8.26. The van der Waals surface area contributed by atoms with Crippen LogP contribution in [0.15, 0.2) is 109 Å². The minimum Gasteiger partial charge on any atom is -0.311 e. The van der Waals surface area contributed by atoms with Gasteiger partial charge in [-0.2, -0.15) is 0 Å². The maximum absolute atomic E-state index is 2.51. The standard InChI is InChI=1S/C32H24N2Si/c1-35(2)30-17-9-7-15-28(30)33(29-16-8-10-18-31(29)35)21-19-24-22-11-3-5-13-26(22)34-27-14-6-4-12-23(27)25(20-21)32(24)34/h3-20H,1-2H3. The average molecular weight is 465 g/mol. The molecule has 35 heavy (non-hydrogen) atoms. The molecule has 5 aromatic carbocycles. The fourth-order valence-corrected chi connectivity index (χ4v) is 9.50. The molecule has 7 aromatic rings. The van der Waals surface area contributed by atoms with Crippen LogP contribution in [-0.4, -0.2) is 12.5 Å². The van der Waals surface area contributed by atoms with Crippen molar-refractivity contribution in [2.75, 3.05) is 4.90 Å². The minimum absolute atomic E-state index is 1.23. The molecule has 0 radical (unpaired) electrons. The second-order valence-corrected chi connectivity index (χ2v) is 14.6. The summed E-state index contributed by atoms with van der Waals surface area (Å²) in [7, 11) is -1.81. The van der Waals surface area contributed by atoms with Gasteiger partial charge in [0, 0.05) is 38.6 Å². The first-order chi connectivity index (χ1) is 17.1. The Kier molecular flexibility index (Phi) is 3.59. The molecule has 1 aliphatic rings. The molecular weight excluding hydrogens is 440 g/mol. The normalized spacial score (nSPS) is 14.7. The molecule has 1 aliphatic heterocycles. The van der Waals surface area contributed by atoms with E-state index in [-0.39, 0.29) is 0 Å². The molecule has 0 spiro atoms. The van der Waals surface area contributed by atoms with E-state index in [9.17, 15) is 0 Å². The van der Waals surface area contributed by atoms with Crippen LogP contribution in [0.25, 0.3) is 38.1 Å². The molecule has 0 N–H and O–H groups in total. The first kappa shape index (κ1) is 19.2. The SMILES string of the molecule is C[Si]1(C)c2ccccc2N(c2cc3c4ccccc4n4c5ccccc5c(c2)c34)c2ccccc21. The van der Waals surface area contributed by atoms with E-state index in [4.69, 9.17) is 0 Å². The van der Waals surface area contributed by atoms with Crippen molar-refractivity contribution in [3.63, 3.8) is 0 Å². The largest absolute Gasteiger partial charge is 0.311 e. The highest BCUT2D eigenvalue weighted by Gasteiger charge is 2.38. The van der Waals surface area contributed by atoms with Crippen LogP contribution in [-0.2, 0) is 0 Å². The van der Waals surface area contributed by atoms with Crippen molar-refractivity contribution in [1.29, 1.82) is 0 Å². The Morgan fingerprint density at radius 2 is 0.971 bits per heavy atom. The molecule has 0 aliphatic carbocycles. The van der Waals surface area contributed by atoms with Gasteiger partial charge in [0.05, 0.1) is 16.6 Å². The van der Waals surface area contributed by atoms with Gasteiger partial charge in [-0.05, 0) is 46.8 Å². The Labute approximate surface area is 205 Å². The van der Waals surface area contributed by atoms with Crippen LogP contribution in [0.5, 0.6) is 0 Å². The van der Waals surface area contributed by atoms with Crippen molar-refractivity contribution in [1.82, 2.24) is 4.40 Å². The number of fused-ring (bicyclic) bond motifs is 8. The van der Waals surface area contributed by atoms with Gasteiger partial charge >= 0.3 is 0 Å². The third-order valence-corrected chi connectivity index (χ3v) is 11.6. The van der Waals surface area contributed by atoms with Gasteiger partial charge in [-0.3, -0.25) is 0 Å². The second-order valence-electron chi connectivity index (χ2n) is 10.3. The van der Waals surface area contributed by atoms with Crippen molar-refractivity contribution in [2.24, 2.45) is 0 Å². The molecule has 0 saturated heterocycles. The van der Waals surface area contributed by atoms with Gasteiger partial charge in [0.2, 0.25) is 0 Å². The van der Waals surface area contributed by atoms with E-state index in [1.54, 1.807) is 0 Å². The molecule has 0 unspecified atom stereocenters. The lowest BCUT2D eigenvalue weighted by atomic mass is 10.1. The predicted molar refractivity (Wildman–Crippen MR) is 153 cm³/mol. The van der Waals surface area contributed by atoms with Gasteiger partial charge in [0.15, 0.2) is 0 Å². The van der Waals surface area contributed by atoms with Gasteiger partial charge in [-0.1, -0.05) is 85.9 Å². The van der Waals surface area contributed by atoms with Gasteiger partial charge in [0.1, 0.15) is 8.07 Å². The molecule has 2 aromatic heterocycles. The van der Waals surface area contributed by atoms with Crippen LogP contribution in [0.2, 0.25) is 13.1 Å². The van der Waals surface area contributed by atoms with Gasteiger partial charge in [0.25, 0.3) is 0 Å². The van der Waals surface area contributed by atoms with E-state index in [1.807, 2.05) is 0 Å². The molecule has 8 rings (SSSR count). The summed E-state index contributed by atoms with van der Waals surface area (Å²) in [4.78, 5) is 2.51. The summed E-state index contributed by atoms with van der Waals surface area (Å²) in [6.07, 6.45) is 0. The summed E-state index contributed by atoms with van der Waals surface area (Å²) in [6.45, 7) is 4.96. The second kappa shape index (κ2) is 6.53. The molecule has 2 nitrogen and oxygen atoms in total. The van der Waals surface area contributed by atoms with E-state index in [1.165, 1.54) is 65.5 Å². The Hall–Kier alpha value is -4.08. The van der Waals surface area contributed by atoms with Crippen molar-refractivity contribution in [3.05, 3.63) is 109 Å². The highest BCUT2D eigenvalue weighted by Crippen LogP contribution is 2.45. The molecular formula is C32H24N2Si. The van der Waals surface area contributed by atoms with Crippen LogP contribution in [0.1, 0.15) is 0 Å². The first-order valence-electron chi connectivity index (χ1n) is 12.3. The molecule has 0 saturated carbocycles. The maximum Gasteiger partial charge on any atom is 0.117 e. The highest BCUT2D eigenvalue weighted by molar-refractivity contribution is 7.02. The monoisotopic (exact) mass is 464 g/mol. The topological polar surface area (TPSA) is 7.65 Å². The van der Waals surface area contributed by atoms with Gasteiger partial charge < -0.3 is 9.30 Å². The van der Waals surface area contributed by atoms with Crippen LogP contribution in [0, 0.1) is 0 Å². The lowest BCUT2D eigenvalue weighted by molar-refractivity contribution is 1.29. The first-order valence-corrected chi connectivity index (χ1v) is 15.3. The quantitative estimate of drug-likeness (QED) is 0.229. The number of rotatable bonds is 1. The summed E-state index contributed by atoms with van der Waals surface area (Å²) in [6, 6.07) is 40.6. The number of anilines is 3. The predicted octanol–water partition coefficient (Wildman–Crippen LogP) is 7.44. The minimum atomic E-state index is -1.81. The van der Waals surface area contributed by atoms with E-state index >= 15 is 0 Å². The molecule has 3 heteroatoms. The lowest BCUT2D eigenvalue weighted by Crippen LogP contribution is -2.58. The zero-order valence-electron chi connectivity index (χ0n) is 19.8. The number of hydrogen-bond donors (Lipinski definition) is 0. The number of hydrogen-bond acceptors (Lipinski definition) is 1. The van der Waals surface area contributed by atoms with Crippen LogP contribution in [0.3, 0.4) is 0 Å². The highest BCUT2D eigenvalue weighted by atomic mass is 28.3. The molecule has 0 fully saturated rings. The van der Waals surface area contributed by atoms with Crippen LogP contribution >= 0.6 is 0 Å². The smallest absolute Gasteiger partial charge is 0.117 e.